The quantitative estimate of drug-likeness (QED) is 0.909. The molecule has 0 aliphatic rings. The first kappa shape index (κ1) is 14.5. The second kappa shape index (κ2) is 6.05. The van der Waals surface area contributed by atoms with Crippen molar-refractivity contribution in [3.05, 3.63) is 63.4 Å². The van der Waals surface area contributed by atoms with Crippen LogP contribution in [0.3, 0.4) is 0 Å². The Morgan fingerprint density at radius 3 is 2.70 bits per heavy atom. The van der Waals surface area contributed by atoms with Gasteiger partial charge < -0.3 is 9.84 Å². The molecule has 2 aromatic rings. The lowest BCUT2D eigenvalue weighted by Gasteiger charge is -2.11. The first-order chi connectivity index (χ1) is 9.47. The first-order valence-electron chi connectivity index (χ1n) is 5.88. The number of ether oxygens (including phenoxy) is 1. The predicted octanol–water partition coefficient (Wildman–Crippen LogP) is 4.17. The summed E-state index contributed by atoms with van der Waals surface area (Å²) in [5.41, 5.74) is 1.26. The molecule has 0 bridgehead atoms. The van der Waals surface area contributed by atoms with Crippen LogP contribution in [0.4, 0.5) is 4.39 Å². The Kier molecular flexibility index (Phi) is 4.39. The zero-order valence-corrected chi connectivity index (χ0v) is 12.3. The molecule has 3 nitrogen and oxygen atoms in total. The molecule has 0 spiro atoms. The fourth-order valence-electron chi connectivity index (χ4n) is 1.82. The molecule has 0 radical (unpaired) electrons. The standard InChI is InChI=1S/C15H12BrFO3/c1-9-6-11(16)2-5-14(9)20-8-10-7-12(17)3-4-13(10)15(18)19/h2-7H,8H2,1H3,(H,18,19). The van der Waals surface area contributed by atoms with Crippen LogP contribution in [0.15, 0.2) is 40.9 Å². The van der Waals surface area contributed by atoms with E-state index in [0.29, 0.717) is 11.3 Å². The fourth-order valence-corrected chi connectivity index (χ4v) is 2.30. The van der Waals surface area contributed by atoms with Crippen LogP contribution in [0.2, 0.25) is 0 Å². The van der Waals surface area contributed by atoms with Gasteiger partial charge >= 0.3 is 5.97 Å². The Morgan fingerprint density at radius 2 is 2.05 bits per heavy atom. The van der Waals surface area contributed by atoms with Crippen molar-refractivity contribution in [1.82, 2.24) is 0 Å². The van der Waals surface area contributed by atoms with E-state index in [0.717, 1.165) is 16.1 Å². The minimum Gasteiger partial charge on any atom is -0.489 e. The summed E-state index contributed by atoms with van der Waals surface area (Å²) >= 11 is 3.35. The van der Waals surface area contributed by atoms with Crippen LogP contribution in [0.5, 0.6) is 5.75 Å². The smallest absolute Gasteiger partial charge is 0.336 e. The molecule has 0 unspecified atom stereocenters. The Balaban J connectivity index is 2.22. The van der Waals surface area contributed by atoms with Gasteiger partial charge in [0.2, 0.25) is 0 Å². The Bertz CT molecular complexity index is 656. The second-order valence-electron chi connectivity index (χ2n) is 4.31. The largest absolute Gasteiger partial charge is 0.489 e. The maximum atomic E-state index is 13.2. The van der Waals surface area contributed by atoms with Gasteiger partial charge in [-0.05, 0) is 48.9 Å². The number of rotatable bonds is 4. The number of carboxylic acids is 1. The summed E-state index contributed by atoms with van der Waals surface area (Å²) in [5, 5.41) is 9.06. The van der Waals surface area contributed by atoms with Crippen molar-refractivity contribution >= 4 is 21.9 Å². The molecule has 2 rings (SSSR count). The van der Waals surface area contributed by atoms with Crippen molar-refractivity contribution in [2.45, 2.75) is 13.5 Å². The van der Waals surface area contributed by atoms with Gasteiger partial charge in [-0.3, -0.25) is 0 Å². The van der Waals surface area contributed by atoms with Gasteiger partial charge in [0.15, 0.2) is 0 Å². The SMILES string of the molecule is Cc1cc(Br)ccc1OCc1cc(F)ccc1C(=O)O. The molecule has 0 aromatic heterocycles. The van der Waals surface area contributed by atoms with Crippen LogP contribution in [0.25, 0.3) is 0 Å². The molecule has 0 aliphatic heterocycles. The highest BCUT2D eigenvalue weighted by molar-refractivity contribution is 9.10. The summed E-state index contributed by atoms with van der Waals surface area (Å²) in [7, 11) is 0. The van der Waals surface area contributed by atoms with E-state index in [1.165, 1.54) is 12.1 Å². The van der Waals surface area contributed by atoms with E-state index < -0.39 is 11.8 Å². The number of carbonyl (C=O) groups is 1. The number of benzene rings is 2. The van der Waals surface area contributed by atoms with Gasteiger partial charge in [0, 0.05) is 10.0 Å². The number of carboxylic acid groups (broad SMARTS) is 1. The maximum Gasteiger partial charge on any atom is 0.336 e. The molecule has 0 fully saturated rings. The zero-order chi connectivity index (χ0) is 14.7. The lowest BCUT2D eigenvalue weighted by atomic mass is 10.1. The number of aryl methyl sites for hydroxylation is 1. The van der Waals surface area contributed by atoms with E-state index in [-0.39, 0.29) is 12.2 Å². The maximum absolute atomic E-state index is 13.2. The molecule has 0 amide bonds. The van der Waals surface area contributed by atoms with Gasteiger partial charge in [0.25, 0.3) is 0 Å². The highest BCUT2D eigenvalue weighted by atomic mass is 79.9. The van der Waals surface area contributed by atoms with Gasteiger partial charge in [-0.2, -0.15) is 0 Å². The van der Waals surface area contributed by atoms with Crippen molar-refractivity contribution in [3.63, 3.8) is 0 Å². The first-order valence-corrected chi connectivity index (χ1v) is 6.67. The van der Waals surface area contributed by atoms with Crippen LogP contribution in [-0.4, -0.2) is 11.1 Å². The monoisotopic (exact) mass is 338 g/mol. The molecule has 20 heavy (non-hydrogen) atoms. The topological polar surface area (TPSA) is 46.5 Å². The summed E-state index contributed by atoms with van der Waals surface area (Å²) in [5.74, 6) is -0.953. The van der Waals surface area contributed by atoms with E-state index in [9.17, 15) is 9.18 Å². The third kappa shape index (κ3) is 3.36. The van der Waals surface area contributed by atoms with Crippen molar-refractivity contribution in [2.24, 2.45) is 0 Å². The van der Waals surface area contributed by atoms with Gasteiger partial charge in [-0.15, -0.1) is 0 Å². The van der Waals surface area contributed by atoms with Crippen molar-refractivity contribution < 1.29 is 19.0 Å². The average molecular weight is 339 g/mol. The number of hydrogen-bond acceptors (Lipinski definition) is 2. The molecule has 0 aliphatic carbocycles. The summed E-state index contributed by atoms with van der Waals surface area (Å²) < 4.78 is 19.7. The molecular weight excluding hydrogens is 327 g/mol. The minimum absolute atomic E-state index is 0.00185. The van der Waals surface area contributed by atoms with Crippen LogP contribution >= 0.6 is 15.9 Å². The van der Waals surface area contributed by atoms with Crippen LogP contribution < -0.4 is 4.74 Å². The van der Waals surface area contributed by atoms with Crippen molar-refractivity contribution in [1.29, 1.82) is 0 Å². The van der Waals surface area contributed by atoms with Crippen molar-refractivity contribution in [2.75, 3.05) is 0 Å². The molecule has 0 saturated heterocycles. The lowest BCUT2D eigenvalue weighted by molar-refractivity contribution is 0.0694. The summed E-state index contributed by atoms with van der Waals surface area (Å²) in [6.07, 6.45) is 0. The van der Waals surface area contributed by atoms with E-state index in [2.05, 4.69) is 15.9 Å². The van der Waals surface area contributed by atoms with E-state index in [1.54, 1.807) is 6.07 Å². The minimum atomic E-state index is -1.10. The molecular formula is C15H12BrFO3. The lowest BCUT2D eigenvalue weighted by Crippen LogP contribution is -2.06. The Hall–Kier alpha value is -1.88. The van der Waals surface area contributed by atoms with Crippen LogP contribution in [-0.2, 0) is 6.61 Å². The molecule has 0 heterocycles. The molecule has 0 atom stereocenters. The number of halogens is 2. The Labute approximate surface area is 124 Å². The second-order valence-corrected chi connectivity index (χ2v) is 5.22. The fraction of sp³-hybridized carbons (Fsp3) is 0.133. The third-order valence-electron chi connectivity index (χ3n) is 2.82. The van der Waals surface area contributed by atoms with Crippen LogP contribution in [0.1, 0.15) is 21.5 Å². The van der Waals surface area contributed by atoms with E-state index >= 15 is 0 Å². The summed E-state index contributed by atoms with van der Waals surface area (Å²) in [4.78, 5) is 11.1. The third-order valence-corrected chi connectivity index (χ3v) is 3.31. The predicted molar refractivity (Wildman–Crippen MR) is 76.6 cm³/mol. The Morgan fingerprint density at radius 1 is 1.30 bits per heavy atom. The molecule has 1 N–H and O–H groups in total. The number of hydrogen-bond donors (Lipinski definition) is 1. The van der Waals surface area contributed by atoms with Crippen molar-refractivity contribution in [3.8, 4) is 5.75 Å². The van der Waals surface area contributed by atoms with Gasteiger partial charge in [0.05, 0.1) is 5.56 Å². The van der Waals surface area contributed by atoms with Gasteiger partial charge in [-0.25, -0.2) is 9.18 Å². The molecule has 104 valence electrons. The molecule has 2 aromatic carbocycles. The van der Waals surface area contributed by atoms with Gasteiger partial charge in [-0.1, -0.05) is 15.9 Å². The van der Waals surface area contributed by atoms with Crippen LogP contribution in [0, 0.1) is 12.7 Å². The summed E-state index contributed by atoms with van der Waals surface area (Å²) in [6.45, 7) is 1.88. The normalized spacial score (nSPS) is 10.3. The van der Waals surface area contributed by atoms with E-state index in [4.69, 9.17) is 9.84 Å². The zero-order valence-electron chi connectivity index (χ0n) is 10.7. The highest BCUT2D eigenvalue weighted by Gasteiger charge is 2.12. The molecule has 0 saturated carbocycles. The number of aromatic carboxylic acids is 1. The van der Waals surface area contributed by atoms with Gasteiger partial charge in [0.1, 0.15) is 18.2 Å². The molecule has 5 heteroatoms. The van der Waals surface area contributed by atoms with E-state index in [1.807, 2.05) is 19.1 Å². The summed E-state index contributed by atoms with van der Waals surface area (Å²) in [6, 6.07) is 9.03. The average Bonchev–Trinajstić information content (AvgIpc) is 2.37. The highest BCUT2D eigenvalue weighted by Crippen LogP contribution is 2.23.